The largest absolute Gasteiger partial charge is 0.480 e. The van der Waals surface area contributed by atoms with Gasteiger partial charge in [0.1, 0.15) is 18.7 Å². The molecule has 9 nitrogen and oxygen atoms in total. The van der Waals surface area contributed by atoms with E-state index < -0.39 is 30.1 Å². The summed E-state index contributed by atoms with van der Waals surface area (Å²) in [5.74, 6) is -1.79. The molecule has 1 heterocycles. The number of nitrogens with zero attached hydrogens (tertiary/aromatic N) is 3. The number of amides is 2. The molecule has 1 aliphatic rings. The Balaban J connectivity index is 1.50. The number of carbonyl (C=O) groups is 3. The average Bonchev–Trinajstić information content (AvgIpc) is 3.32. The number of aryl methyl sites for hydroxylation is 1. The number of carboxylic acid groups (broad SMARTS) is 1. The molecule has 4 rings (SSSR count). The fourth-order valence-electron chi connectivity index (χ4n) is 4.36. The minimum absolute atomic E-state index is 0.00867. The van der Waals surface area contributed by atoms with Crippen LogP contribution in [0.5, 0.6) is 0 Å². The van der Waals surface area contributed by atoms with E-state index >= 15 is 0 Å². The molecule has 1 aromatic heterocycles. The fourth-order valence-corrected chi connectivity index (χ4v) is 4.36. The maximum Gasteiger partial charge on any atom is 0.412 e. The van der Waals surface area contributed by atoms with Gasteiger partial charge in [-0.05, 0) is 43.0 Å². The van der Waals surface area contributed by atoms with E-state index in [9.17, 15) is 19.5 Å². The second kappa shape index (κ2) is 9.25. The third-order valence-electron chi connectivity index (χ3n) is 5.97. The van der Waals surface area contributed by atoms with Crippen molar-refractivity contribution in [2.75, 3.05) is 18.5 Å². The molecule has 0 fully saturated rings. The van der Waals surface area contributed by atoms with Crippen molar-refractivity contribution in [3.63, 3.8) is 0 Å². The summed E-state index contributed by atoms with van der Waals surface area (Å²) >= 11 is 0. The summed E-state index contributed by atoms with van der Waals surface area (Å²) in [7, 11) is 1.61. The highest BCUT2D eigenvalue weighted by Gasteiger charge is 2.33. The molecule has 1 aliphatic carbocycles. The van der Waals surface area contributed by atoms with Gasteiger partial charge in [-0.15, -0.1) is 0 Å². The second-order valence-corrected chi connectivity index (χ2v) is 9.47. The summed E-state index contributed by atoms with van der Waals surface area (Å²) in [6.45, 7) is 4.85. The molecule has 0 aliphatic heterocycles. The lowest BCUT2D eigenvalue weighted by molar-refractivity contribution is -0.138. The first-order chi connectivity index (χ1) is 16.6. The fraction of sp³-hybridized carbons (Fsp3) is 0.308. The highest BCUT2D eigenvalue weighted by Crippen LogP contribution is 2.44. The summed E-state index contributed by atoms with van der Waals surface area (Å²) < 4.78 is 6.94. The van der Waals surface area contributed by atoms with E-state index in [1.807, 2.05) is 36.4 Å². The molecule has 0 bridgehead atoms. The molecule has 35 heavy (non-hydrogen) atoms. The van der Waals surface area contributed by atoms with Gasteiger partial charge in [-0.3, -0.25) is 19.6 Å². The maximum absolute atomic E-state index is 13.2. The summed E-state index contributed by atoms with van der Waals surface area (Å²) in [6.07, 6.45) is 0.697. The molecule has 0 saturated heterocycles. The van der Waals surface area contributed by atoms with E-state index in [1.54, 1.807) is 27.8 Å². The zero-order valence-corrected chi connectivity index (χ0v) is 20.1. The average molecular weight is 477 g/mol. The molecule has 0 spiro atoms. The zero-order valence-electron chi connectivity index (χ0n) is 20.1. The topological polar surface area (TPSA) is 114 Å². The predicted molar refractivity (Wildman–Crippen MR) is 130 cm³/mol. The van der Waals surface area contributed by atoms with Crippen LogP contribution in [-0.2, 0) is 16.6 Å². The van der Waals surface area contributed by atoms with E-state index in [1.165, 1.54) is 15.8 Å². The molecular weight excluding hydrogens is 448 g/mol. The number of aliphatic carboxylic acids is 1. The second-order valence-electron chi connectivity index (χ2n) is 9.47. The van der Waals surface area contributed by atoms with Crippen LogP contribution in [0.2, 0.25) is 0 Å². The minimum Gasteiger partial charge on any atom is -0.480 e. The van der Waals surface area contributed by atoms with Crippen molar-refractivity contribution >= 4 is 23.8 Å². The monoisotopic (exact) mass is 476 g/mol. The van der Waals surface area contributed by atoms with Crippen LogP contribution in [-0.4, -0.2) is 56.4 Å². The number of hydrogen-bond donors (Lipinski definition) is 2. The number of anilines is 1. The van der Waals surface area contributed by atoms with Gasteiger partial charge in [-0.25, -0.2) is 4.79 Å². The Bertz CT molecular complexity index is 1250. The number of carboxylic acids is 1. The van der Waals surface area contributed by atoms with Gasteiger partial charge in [0.2, 0.25) is 0 Å². The number of rotatable bonds is 6. The number of benzene rings is 2. The Kier molecular flexibility index (Phi) is 6.34. The molecule has 2 amide bonds. The van der Waals surface area contributed by atoms with Crippen molar-refractivity contribution in [2.45, 2.75) is 32.2 Å². The summed E-state index contributed by atoms with van der Waals surface area (Å²) in [5.41, 5.74) is 3.74. The Hall–Kier alpha value is -4.14. The third kappa shape index (κ3) is 4.89. The first-order valence-corrected chi connectivity index (χ1v) is 11.3. The normalized spacial score (nSPS) is 12.6. The van der Waals surface area contributed by atoms with Gasteiger partial charge in [-0.1, -0.05) is 48.5 Å². The molecule has 0 radical (unpaired) electrons. The summed E-state index contributed by atoms with van der Waals surface area (Å²) in [4.78, 5) is 38.5. The smallest absolute Gasteiger partial charge is 0.412 e. The van der Waals surface area contributed by atoms with Crippen LogP contribution >= 0.6 is 0 Å². The van der Waals surface area contributed by atoms with Crippen molar-refractivity contribution in [3.05, 3.63) is 71.4 Å². The van der Waals surface area contributed by atoms with Gasteiger partial charge >= 0.3 is 12.1 Å². The van der Waals surface area contributed by atoms with Crippen molar-refractivity contribution in [3.8, 4) is 11.1 Å². The Labute approximate surface area is 203 Å². The zero-order chi connectivity index (χ0) is 25.3. The van der Waals surface area contributed by atoms with Crippen LogP contribution in [0, 0.1) is 0 Å². The Morgan fingerprint density at radius 2 is 1.63 bits per heavy atom. The first-order valence-electron chi connectivity index (χ1n) is 11.3. The van der Waals surface area contributed by atoms with E-state index in [2.05, 4.69) is 22.5 Å². The summed E-state index contributed by atoms with van der Waals surface area (Å²) in [5, 5.41) is 16.0. The van der Waals surface area contributed by atoms with Gasteiger partial charge in [0.05, 0.1) is 0 Å². The van der Waals surface area contributed by atoms with Crippen LogP contribution in [0.4, 0.5) is 10.6 Å². The standard InChI is InChI=1S/C26H28N4O5/c1-26(2,3)30(14-22(31)32)24(33)20-13-29(4)28-23(20)27-25(34)35-15-21-18-11-7-5-9-16(18)17-10-6-8-12-19(17)21/h5-13,21H,14-15H2,1-4H3,(H,31,32)(H,27,28,34). The number of aromatic nitrogens is 2. The molecule has 0 unspecified atom stereocenters. The third-order valence-corrected chi connectivity index (χ3v) is 5.97. The van der Waals surface area contributed by atoms with Crippen LogP contribution in [0.1, 0.15) is 48.2 Å². The van der Waals surface area contributed by atoms with Crippen molar-refractivity contribution in [1.29, 1.82) is 0 Å². The minimum atomic E-state index is -1.14. The van der Waals surface area contributed by atoms with Crippen LogP contribution in [0.25, 0.3) is 11.1 Å². The van der Waals surface area contributed by atoms with Gasteiger partial charge < -0.3 is 14.7 Å². The van der Waals surface area contributed by atoms with Crippen molar-refractivity contribution < 1.29 is 24.2 Å². The van der Waals surface area contributed by atoms with E-state index in [-0.39, 0.29) is 23.9 Å². The van der Waals surface area contributed by atoms with Gasteiger partial charge in [0, 0.05) is 24.7 Å². The molecule has 9 heteroatoms. The molecule has 182 valence electrons. The maximum atomic E-state index is 13.2. The SMILES string of the molecule is Cn1cc(C(=O)N(CC(=O)O)C(C)(C)C)c(NC(=O)OCC2c3ccccc3-c3ccccc32)n1. The number of ether oxygens (including phenoxy) is 1. The van der Waals surface area contributed by atoms with Gasteiger partial charge in [0.15, 0.2) is 5.82 Å². The molecule has 0 saturated carbocycles. The predicted octanol–water partition coefficient (Wildman–Crippen LogP) is 4.11. The first kappa shape index (κ1) is 24.0. The number of nitrogens with one attached hydrogen (secondary N) is 1. The lowest BCUT2D eigenvalue weighted by Crippen LogP contribution is -2.48. The highest BCUT2D eigenvalue weighted by atomic mass is 16.5. The van der Waals surface area contributed by atoms with E-state index in [0.29, 0.717) is 0 Å². The van der Waals surface area contributed by atoms with Crippen molar-refractivity contribution in [2.24, 2.45) is 7.05 Å². The van der Waals surface area contributed by atoms with Crippen LogP contribution < -0.4 is 5.32 Å². The molecule has 3 aromatic rings. The van der Waals surface area contributed by atoms with Gasteiger partial charge in [0.25, 0.3) is 5.91 Å². The number of hydrogen-bond acceptors (Lipinski definition) is 5. The van der Waals surface area contributed by atoms with E-state index in [0.717, 1.165) is 22.3 Å². The highest BCUT2D eigenvalue weighted by molar-refractivity contribution is 6.02. The molecule has 2 N–H and O–H groups in total. The molecule has 2 aromatic carbocycles. The molecule has 0 atom stereocenters. The lowest BCUT2D eigenvalue weighted by atomic mass is 9.98. The molecular formula is C26H28N4O5. The van der Waals surface area contributed by atoms with Crippen LogP contribution in [0.15, 0.2) is 54.7 Å². The number of carbonyl (C=O) groups excluding carboxylic acids is 2. The Morgan fingerprint density at radius 1 is 1.06 bits per heavy atom. The quantitative estimate of drug-likeness (QED) is 0.554. The van der Waals surface area contributed by atoms with Crippen molar-refractivity contribution in [1.82, 2.24) is 14.7 Å². The summed E-state index contributed by atoms with van der Waals surface area (Å²) in [6, 6.07) is 16.0. The lowest BCUT2D eigenvalue weighted by Gasteiger charge is -2.34. The Morgan fingerprint density at radius 3 is 2.17 bits per heavy atom. The van der Waals surface area contributed by atoms with Gasteiger partial charge in [-0.2, -0.15) is 5.10 Å². The van der Waals surface area contributed by atoms with Crippen LogP contribution in [0.3, 0.4) is 0 Å². The van der Waals surface area contributed by atoms with E-state index in [4.69, 9.17) is 4.74 Å². The number of fused-ring (bicyclic) bond motifs is 3.